The molecule has 0 saturated heterocycles. The lowest BCUT2D eigenvalue weighted by Crippen LogP contribution is -2.39. The summed E-state index contributed by atoms with van der Waals surface area (Å²) in [4.78, 5) is 23.7. The van der Waals surface area contributed by atoms with E-state index in [1.807, 2.05) is 0 Å². The fourth-order valence-corrected chi connectivity index (χ4v) is 3.05. The van der Waals surface area contributed by atoms with Crippen molar-refractivity contribution in [3.63, 3.8) is 0 Å². The molecule has 0 fully saturated rings. The molecule has 0 unspecified atom stereocenters. The third-order valence-corrected chi connectivity index (χ3v) is 4.12. The molecule has 21 heavy (non-hydrogen) atoms. The lowest BCUT2D eigenvalue weighted by Gasteiger charge is -2.21. The monoisotopic (exact) mass is 330 g/mol. The number of halogens is 2. The van der Waals surface area contributed by atoms with Crippen LogP contribution in [0.25, 0.3) is 0 Å². The smallest absolute Gasteiger partial charge is 0.328 e. The van der Waals surface area contributed by atoms with Crippen molar-refractivity contribution in [3.05, 3.63) is 32.8 Å². The van der Waals surface area contributed by atoms with Crippen molar-refractivity contribution in [3.8, 4) is 0 Å². The second-order valence-corrected chi connectivity index (χ2v) is 5.62. The molecule has 0 bridgehead atoms. The van der Waals surface area contributed by atoms with Gasteiger partial charge in [-0.2, -0.15) is 0 Å². The average molecular weight is 331 g/mol. The standard InChI is InChI=1S/C14H16Cl2N2O3/c1-7(14(20)21-2)18-13(19)11-10(15)5-8-6-17-4-3-9(8)12(11)16/h5,7,17H,3-4,6H2,1-2H3,(H,18,19)/t7-/m0/s1. The van der Waals surface area contributed by atoms with Gasteiger partial charge in [-0.15, -0.1) is 0 Å². The Balaban J connectivity index is 2.31. The lowest BCUT2D eigenvalue weighted by molar-refractivity contribution is -0.142. The molecule has 1 aliphatic rings. The summed E-state index contributed by atoms with van der Waals surface area (Å²) in [7, 11) is 1.26. The van der Waals surface area contributed by atoms with Crippen LogP contribution in [-0.2, 0) is 22.5 Å². The number of nitrogens with one attached hydrogen (secondary N) is 2. The molecular weight excluding hydrogens is 315 g/mol. The summed E-state index contributed by atoms with van der Waals surface area (Å²) in [6.07, 6.45) is 0.734. The first-order valence-electron chi connectivity index (χ1n) is 6.54. The highest BCUT2D eigenvalue weighted by Crippen LogP contribution is 2.33. The molecular formula is C14H16Cl2N2O3. The molecule has 114 valence electrons. The van der Waals surface area contributed by atoms with Gasteiger partial charge in [0.05, 0.1) is 22.7 Å². The first kappa shape index (κ1) is 16.1. The van der Waals surface area contributed by atoms with Crippen molar-refractivity contribution >= 4 is 35.1 Å². The minimum Gasteiger partial charge on any atom is -0.467 e. The zero-order valence-electron chi connectivity index (χ0n) is 11.8. The molecule has 2 rings (SSSR count). The third-order valence-electron chi connectivity index (χ3n) is 3.41. The second-order valence-electron chi connectivity index (χ2n) is 4.83. The van der Waals surface area contributed by atoms with E-state index in [9.17, 15) is 9.59 Å². The SMILES string of the molecule is COC(=O)[C@H](C)NC(=O)c1c(Cl)cc2c(c1Cl)CCNC2. The summed E-state index contributed by atoms with van der Waals surface area (Å²) in [6, 6.07) is 0.972. The minimum atomic E-state index is -0.771. The van der Waals surface area contributed by atoms with E-state index in [2.05, 4.69) is 15.4 Å². The number of carbonyl (C=O) groups is 2. The van der Waals surface area contributed by atoms with Gasteiger partial charge in [0.15, 0.2) is 0 Å². The van der Waals surface area contributed by atoms with Gasteiger partial charge in [0.1, 0.15) is 6.04 Å². The van der Waals surface area contributed by atoms with Gasteiger partial charge in [-0.25, -0.2) is 4.79 Å². The highest BCUT2D eigenvalue weighted by molar-refractivity contribution is 6.40. The normalized spacial score (nSPS) is 15.0. The molecule has 1 atom stereocenters. The Morgan fingerprint density at radius 1 is 1.43 bits per heavy atom. The number of carbonyl (C=O) groups excluding carboxylic acids is 2. The van der Waals surface area contributed by atoms with Gasteiger partial charge in [0.25, 0.3) is 5.91 Å². The van der Waals surface area contributed by atoms with Crippen LogP contribution >= 0.6 is 23.2 Å². The van der Waals surface area contributed by atoms with E-state index in [1.165, 1.54) is 14.0 Å². The first-order valence-corrected chi connectivity index (χ1v) is 7.30. The molecule has 7 heteroatoms. The number of amides is 1. The summed E-state index contributed by atoms with van der Waals surface area (Å²) in [5.41, 5.74) is 2.12. The van der Waals surface area contributed by atoms with Crippen LogP contribution in [0.3, 0.4) is 0 Å². The van der Waals surface area contributed by atoms with E-state index >= 15 is 0 Å². The molecule has 0 spiro atoms. The Labute approximate surface area is 132 Å². The molecule has 1 aromatic carbocycles. The Bertz CT molecular complexity index is 590. The molecule has 0 saturated carbocycles. The number of fused-ring (bicyclic) bond motifs is 1. The zero-order chi connectivity index (χ0) is 15.6. The van der Waals surface area contributed by atoms with Gasteiger partial charge >= 0.3 is 5.97 Å². The average Bonchev–Trinajstić information content (AvgIpc) is 2.46. The van der Waals surface area contributed by atoms with Gasteiger partial charge in [0.2, 0.25) is 0 Å². The van der Waals surface area contributed by atoms with Crippen molar-refractivity contribution < 1.29 is 14.3 Å². The molecule has 1 heterocycles. The molecule has 2 N–H and O–H groups in total. The Kier molecular flexibility index (Phi) is 5.08. The number of rotatable bonds is 3. The van der Waals surface area contributed by atoms with Gasteiger partial charge in [0, 0.05) is 6.54 Å². The van der Waals surface area contributed by atoms with Crippen LogP contribution in [0.2, 0.25) is 10.0 Å². The quantitative estimate of drug-likeness (QED) is 0.831. The highest BCUT2D eigenvalue weighted by Gasteiger charge is 2.25. The number of hydrogen-bond acceptors (Lipinski definition) is 4. The summed E-state index contributed by atoms with van der Waals surface area (Å²) in [5.74, 6) is -1.01. The van der Waals surface area contributed by atoms with E-state index in [4.69, 9.17) is 23.2 Å². The van der Waals surface area contributed by atoms with Crippen molar-refractivity contribution in [2.45, 2.75) is 25.9 Å². The minimum absolute atomic E-state index is 0.203. The summed E-state index contributed by atoms with van der Waals surface area (Å²) < 4.78 is 4.57. The molecule has 1 aromatic rings. The number of benzene rings is 1. The number of ether oxygens (including phenoxy) is 1. The predicted molar refractivity (Wildman–Crippen MR) is 80.8 cm³/mol. The number of esters is 1. The summed E-state index contributed by atoms with van der Waals surface area (Å²) in [5, 5.41) is 6.39. The molecule has 0 radical (unpaired) electrons. The maximum absolute atomic E-state index is 12.3. The summed E-state index contributed by atoms with van der Waals surface area (Å²) in [6.45, 7) is 3.01. The maximum Gasteiger partial charge on any atom is 0.328 e. The fraction of sp³-hybridized carbons (Fsp3) is 0.429. The lowest BCUT2D eigenvalue weighted by atomic mass is 9.97. The molecule has 5 nitrogen and oxygen atoms in total. The largest absolute Gasteiger partial charge is 0.467 e. The van der Waals surface area contributed by atoms with Crippen LogP contribution in [-0.4, -0.2) is 31.6 Å². The van der Waals surface area contributed by atoms with E-state index in [-0.39, 0.29) is 10.6 Å². The molecule has 1 aliphatic heterocycles. The van der Waals surface area contributed by atoms with Gasteiger partial charge in [-0.05, 0) is 37.1 Å². The summed E-state index contributed by atoms with van der Waals surface area (Å²) >= 11 is 12.5. The second kappa shape index (κ2) is 6.64. The van der Waals surface area contributed by atoms with Crippen molar-refractivity contribution in [2.75, 3.05) is 13.7 Å². The van der Waals surface area contributed by atoms with Gasteiger partial charge in [-0.1, -0.05) is 23.2 Å². The number of hydrogen-bond donors (Lipinski definition) is 2. The van der Waals surface area contributed by atoms with Crippen LogP contribution < -0.4 is 10.6 Å². The van der Waals surface area contributed by atoms with E-state index in [0.717, 1.165) is 24.1 Å². The van der Waals surface area contributed by atoms with Crippen molar-refractivity contribution in [2.24, 2.45) is 0 Å². The Morgan fingerprint density at radius 3 is 2.81 bits per heavy atom. The van der Waals surface area contributed by atoms with Crippen LogP contribution in [0.5, 0.6) is 0 Å². The predicted octanol–water partition coefficient (Wildman–Crippen LogP) is 1.93. The van der Waals surface area contributed by atoms with Gasteiger partial charge in [-0.3, -0.25) is 4.79 Å². The van der Waals surface area contributed by atoms with Crippen LogP contribution in [0.15, 0.2) is 6.07 Å². The molecule has 1 amide bonds. The third kappa shape index (κ3) is 3.31. The van der Waals surface area contributed by atoms with E-state index in [1.54, 1.807) is 6.07 Å². The topological polar surface area (TPSA) is 67.4 Å². The zero-order valence-corrected chi connectivity index (χ0v) is 13.3. The van der Waals surface area contributed by atoms with E-state index in [0.29, 0.717) is 11.6 Å². The molecule has 0 aliphatic carbocycles. The van der Waals surface area contributed by atoms with Crippen LogP contribution in [0, 0.1) is 0 Å². The molecule has 0 aromatic heterocycles. The van der Waals surface area contributed by atoms with Gasteiger partial charge < -0.3 is 15.4 Å². The Hall–Kier alpha value is -1.30. The first-order chi connectivity index (χ1) is 9.95. The Morgan fingerprint density at radius 2 is 2.14 bits per heavy atom. The fourth-order valence-electron chi connectivity index (χ4n) is 2.29. The van der Waals surface area contributed by atoms with Crippen LogP contribution in [0.4, 0.5) is 0 Å². The van der Waals surface area contributed by atoms with Crippen molar-refractivity contribution in [1.29, 1.82) is 0 Å². The van der Waals surface area contributed by atoms with E-state index < -0.39 is 17.9 Å². The highest BCUT2D eigenvalue weighted by atomic mass is 35.5. The number of methoxy groups -OCH3 is 1. The van der Waals surface area contributed by atoms with Crippen molar-refractivity contribution in [1.82, 2.24) is 10.6 Å². The van der Waals surface area contributed by atoms with Crippen LogP contribution in [0.1, 0.15) is 28.4 Å². The maximum atomic E-state index is 12.3.